The number of aromatic nitrogens is 2. The topological polar surface area (TPSA) is 54.9 Å². The third-order valence-corrected chi connectivity index (χ3v) is 4.63. The first kappa shape index (κ1) is 16.3. The van der Waals surface area contributed by atoms with Crippen LogP contribution in [0.15, 0.2) is 54.0 Å². The molecule has 0 aliphatic rings. The van der Waals surface area contributed by atoms with E-state index in [-0.39, 0.29) is 5.91 Å². The summed E-state index contributed by atoms with van der Waals surface area (Å²) in [6, 6.07) is 13.7. The number of para-hydroxylation sites is 1. The van der Waals surface area contributed by atoms with E-state index < -0.39 is 0 Å². The van der Waals surface area contributed by atoms with Crippen molar-refractivity contribution in [1.82, 2.24) is 9.97 Å². The first-order chi connectivity index (χ1) is 11.8. The zero-order valence-corrected chi connectivity index (χ0v) is 14.3. The predicted molar refractivity (Wildman–Crippen MR) is 98.1 cm³/mol. The lowest BCUT2D eigenvalue weighted by Gasteiger charge is -2.09. The first-order valence-corrected chi connectivity index (χ1v) is 8.88. The highest BCUT2D eigenvalue weighted by Gasteiger charge is 2.09. The highest BCUT2D eigenvalue weighted by molar-refractivity contribution is 7.13. The molecule has 0 saturated carbocycles. The molecular formula is C19H19N3OS. The summed E-state index contributed by atoms with van der Waals surface area (Å²) >= 11 is 1.56. The van der Waals surface area contributed by atoms with Crippen LogP contribution in [-0.4, -0.2) is 15.9 Å². The number of anilines is 1. The largest absolute Gasteiger partial charge is 0.326 e. The Morgan fingerprint density at radius 2 is 2.00 bits per heavy atom. The normalized spacial score (nSPS) is 10.5. The maximum atomic E-state index is 12.2. The highest BCUT2D eigenvalue weighted by Crippen LogP contribution is 2.22. The fourth-order valence-electron chi connectivity index (χ4n) is 2.43. The quantitative estimate of drug-likeness (QED) is 0.728. The first-order valence-electron chi connectivity index (χ1n) is 8.00. The van der Waals surface area contributed by atoms with Crippen LogP contribution in [0.25, 0.3) is 10.7 Å². The number of nitrogens with zero attached hydrogens (tertiary/aromatic N) is 2. The van der Waals surface area contributed by atoms with Crippen molar-refractivity contribution in [2.24, 2.45) is 0 Å². The van der Waals surface area contributed by atoms with Crippen molar-refractivity contribution in [2.45, 2.75) is 26.2 Å². The van der Waals surface area contributed by atoms with Crippen LogP contribution in [-0.2, 0) is 17.6 Å². The minimum atomic E-state index is 0.0169. The molecule has 0 atom stereocenters. The number of hydrogen-bond acceptors (Lipinski definition) is 4. The summed E-state index contributed by atoms with van der Waals surface area (Å²) in [5, 5.41) is 5.88. The van der Waals surface area contributed by atoms with Crippen molar-refractivity contribution in [3.8, 4) is 10.7 Å². The van der Waals surface area contributed by atoms with Crippen LogP contribution < -0.4 is 5.32 Å². The summed E-state index contributed by atoms with van der Waals surface area (Å²) in [6.45, 7) is 2.08. The minimum absolute atomic E-state index is 0.0169. The molecule has 0 fully saturated rings. The summed E-state index contributed by atoms with van der Waals surface area (Å²) in [5.74, 6) is 0.0169. The molecule has 0 aliphatic carbocycles. The van der Waals surface area contributed by atoms with Gasteiger partial charge in [0.25, 0.3) is 0 Å². The Balaban J connectivity index is 1.58. The van der Waals surface area contributed by atoms with Gasteiger partial charge in [-0.05, 0) is 36.6 Å². The molecule has 0 unspecified atom stereocenters. The summed E-state index contributed by atoms with van der Waals surface area (Å²) in [4.78, 5) is 21.1. The number of rotatable bonds is 6. The summed E-state index contributed by atoms with van der Waals surface area (Å²) in [5.41, 5.74) is 3.85. The predicted octanol–water partition coefficient (Wildman–Crippen LogP) is 4.34. The van der Waals surface area contributed by atoms with Crippen LogP contribution in [0.2, 0.25) is 0 Å². The molecule has 4 nitrogen and oxygen atoms in total. The van der Waals surface area contributed by atoms with E-state index in [9.17, 15) is 4.79 Å². The number of carbonyl (C=O) groups is 1. The van der Waals surface area contributed by atoms with Gasteiger partial charge in [-0.1, -0.05) is 31.2 Å². The van der Waals surface area contributed by atoms with Crippen LogP contribution in [0.5, 0.6) is 0 Å². The molecule has 24 heavy (non-hydrogen) atoms. The van der Waals surface area contributed by atoms with E-state index in [2.05, 4.69) is 22.2 Å². The molecule has 0 bridgehead atoms. The second-order valence-electron chi connectivity index (χ2n) is 5.42. The van der Waals surface area contributed by atoms with Crippen molar-refractivity contribution >= 4 is 22.9 Å². The van der Waals surface area contributed by atoms with Gasteiger partial charge in [-0.25, -0.2) is 4.98 Å². The lowest BCUT2D eigenvalue weighted by molar-refractivity contribution is -0.116. The molecule has 122 valence electrons. The Morgan fingerprint density at radius 3 is 2.79 bits per heavy atom. The number of benzene rings is 1. The Hall–Kier alpha value is -2.53. The SMILES string of the molecule is CCc1ccccc1NC(=O)CCc1csc(-c2ccccn2)n1. The zero-order valence-electron chi connectivity index (χ0n) is 13.5. The van der Waals surface area contributed by atoms with Crippen LogP contribution >= 0.6 is 11.3 Å². The van der Waals surface area contributed by atoms with Gasteiger partial charge in [0.15, 0.2) is 0 Å². The monoisotopic (exact) mass is 337 g/mol. The van der Waals surface area contributed by atoms with Gasteiger partial charge in [0.05, 0.1) is 11.4 Å². The number of hydrogen-bond donors (Lipinski definition) is 1. The molecule has 2 aromatic heterocycles. The van der Waals surface area contributed by atoms with E-state index in [0.29, 0.717) is 12.8 Å². The molecule has 0 saturated heterocycles. The second-order valence-corrected chi connectivity index (χ2v) is 6.28. The standard InChI is InChI=1S/C19H19N3OS/c1-2-14-7-3-4-8-16(14)22-18(23)11-10-15-13-24-19(21-15)17-9-5-6-12-20-17/h3-9,12-13H,2,10-11H2,1H3,(H,22,23). The third-order valence-electron chi connectivity index (χ3n) is 3.72. The summed E-state index contributed by atoms with van der Waals surface area (Å²) in [7, 11) is 0. The molecule has 1 aromatic carbocycles. The maximum Gasteiger partial charge on any atom is 0.224 e. The molecule has 2 heterocycles. The maximum absolute atomic E-state index is 12.2. The van der Waals surface area contributed by atoms with Gasteiger partial charge in [-0.3, -0.25) is 9.78 Å². The number of aryl methyl sites for hydroxylation is 2. The van der Waals surface area contributed by atoms with Gasteiger partial charge in [-0.2, -0.15) is 0 Å². The number of nitrogens with one attached hydrogen (secondary N) is 1. The smallest absolute Gasteiger partial charge is 0.224 e. The van der Waals surface area contributed by atoms with Crippen molar-refractivity contribution in [2.75, 3.05) is 5.32 Å². The minimum Gasteiger partial charge on any atom is -0.326 e. The van der Waals surface area contributed by atoms with Gasteiger partial charge in [0.2, 0.25) is 5.91 Å². The van der Waals surface area contributed by atoms with Gasteiger partial charge in [-0.15, -0.1) is 11.3 Å². The molecular weight excluding hydrogens is 318 g/mol. The van der Waals surface area contributed by atoms with Crippen LogP contribution in [0.4, 0.5) is 5.69 Å². The number of carbonyl (C=O) groups excluding carboxylic acids is 1. The van der Waals surface area contributed by atoms with E-state index >= 15 is 0 Å². The number of thiazole rings is 1. The van der Waals surface area contributed by atoms with Crippen molar-refractivity contribution in [3.63, 3.8) is 0 Å². The second kappa shape index (κ2) is 7.84. The fraction of sp³-hybridized carbons (Fsp3) is 0.211. The van der Waals surface area contributed by atoms with Gasteiger partial charge >= 0.3 is 0 Å². The molecule has 1 N–H and O–H groups in total. The summed E-state index contributed by atoms with van der Waals surface area (Å²) in [6.07, 6.45) is 3.71. The van der Waals surface area contributed by atoms with Crippen molar-refractivity contribution < 1.29 is 4.79 Å². The van der Waals surface area contributed by atoms with Gasteiger partial charge in [0, 0.05) is 23.7 Å². The van der Waals surface area contributed by atoms with Crippen molar-refractivity contribution in [3.05, 3.63) is 65.3 Å². The van der Waals surface area contributed by atoms with E-state index in [1.54, 1.807) is 17.5 Å². The van der Waals surface area contributed by atoms with Crippen molar-refractivity contribution in [1.29, 1.82) is 0 Å². The number of pyridine rings is 1. The van der Waals surface area contributed by atoms with Gasteiger partial charge < -0.3 is 5.32 Å². The van der Waals surface area contributed by atoms with Crippen LogP contribution in [0.3, 0.4) is 0 Å². The third kappa shape index (κ3) is 4.06. The molecule has 1 amide bonds. The van der Waals surface area contributed by atoms with E-state index in [4.69, 9.17) is 0 Å². The van der Waals surface area contributed by atoms with Gasteiger partial charge in [0.1, 0.15) is 5.01 Å². The Morgan fingerprint density at radius 1 is 1.17 bits per heavy atom. The fourth-order valence-corrected chi connectivity index (χ4v) is 3.26. The molecule has 0 radical (unpaired) electrons. The Kier molecular flexibility index (Phi) is 5.33. The Bertz CT molecular complexity index is 814. The Labute approximate surface area is 145 Å². The van der Waals surface area contributed by atoms with E-state index in [0.717, 1.165) is 34.1 Å². The lowest BCUT2D eigenvalue weighted by atomic mass is 10.1. The molecule has 0 aliphatic heterocycles. The number of amides is 1. The van der Waals surface area contributed by atoms with E-state index in [1.807, 2.05) is 47.8 Å². The molecule has 5 heteroatoms. The van der Waals surface area contributed by atoms with Crippen LogP contribution in [0.1, 0.15) is 24.6 Å². The lowest BCUT2D eigenvalue weighted by Crippen LogP contribution is -2.13. The molecule has 3 rings (SSSR count). The zero-order chi connectivity index (χ0) is 16.8. The highest BCUT2D eigenvalue weighted by atomic mass is 32.1. The average Bonchev–Trinajstić information content (AvgIpc) is 3.10. The molecule has 0 spiro atoms. The molecule has 3 aromatic rings. The van der Waals surface area contributed by atoms with E-state index in [1.165, 1.54) is 0 Å². The van der Waals surface area contributed by atoms with Crippen LogP contribution in [0, 0.1) is 0 Å². The summed E-state index contributed by atoms with van der Waals surface area (Å²) < 4.78 is 0. The average molecular weight is 337 g/mol.